The Hall–Kier alpha value is -1.34. The number of nitrogens with one attached hydrogen (secondary N) is 1. The average Bonchev–Trinajstić information content (AvgIpc) is 2.50. The molecule has 7 heteroatoms. The first kappa shape index (κ1) is 23.7. The molecule has 1 aliphatic rings. The molecular formula is C20H37NO5Si. The molecule has 0 aromatic carbocycles. The zero-order valence-corrected chi connectivity index (χ0v) is 19.3. The molecule has 1 saturated heterocycles. The maximum atomic E-state index is 12.3. The predicted octanol–water partition coefficient (Wildman–Crippen LogP) is 3.63. The lowest BCUT2D eigenvalue weighted by molar-refractivity contribution is -0.142. The lowest BCUT2D eigenvalue weighted by Gasteiger charge is -2.46. The quantitative estimate of drug-likeness (QED) is 0.211. The molecule has 156 valence electrons. The molecule has 0 aromatic rings. The fourth-order valence-corrected chi connectivity index (χ4v) is 4.40. The number of ether oxygens (including phenoxy) is 2. The average molecular weight is 400 g/mol. The van der Waals surface area contributed by atoms with E-state index in [-0.39, 0.29) is 47.3 Å². The van der Waals surface area contributed by atoms with Crippen LogP contribution < -0.4 is 5.32 Å². The highest BCUT2D eigenvalue weighted by Crippen LogP contribution is 2.39. The smallest absolute Gasteiger partial charge is 0.373 e. The first-order valence-electron chi connectivity index (χ1n) is 9.85. The van der Waals surface area contributed by atoms with Gasteiger partial charge in [0, 0.05) is 6.04 Å². The van der Waals surface area contributed by atoms with Crippen molar-refractivity contribution in [2.45, 2.75) is 78.7 Å². The van der Waals surface area contributed by atoms with Crippen LogP contribution in [-0.4, -0.2) is 45.6 Å². The van der Waals surface area contributed by atoms with Gasteiger partial charge in [-0.1, -0.05) is 27.7 Å². The monoisotopic (exact) mass is 399 g/mol. The van der Waals surface area contributed by atoms with Crippen molar-refractivity contribution in [2.75, 3.05) is 13.2 Å². The van der Waals surface area contributed by atoms with Crippen molar-refractivity contribution >= 4 is 20.2 Å². The first-order valence-corrected chi connectivity index (χ1v) is 12.8. The van der Waals surface area contributed by atoms with Gasteiger partial charge in [-0.3, -0.25) is 4.79 Å². The van der Waals surface area contributed by atoms with E-state index in [1.54, 1.807) is 13.0 Å². The topological polar surface area (TPSA) is 73.9 Å². The first-order chi connectivity index (χ1) is 12.4. The Bertz CT molecular complexity index is 567. The minimum absolute atomic E-state index is 0.000513. The van der Waals surface area contributed by atoms with Crippen molar-refractivity contribution in [1.29, 1.82) is 0 Å². The van der Waals surface area contributed by atoms with Crippen LogP contribution in [0.5, 0.6) is 0 Å². The summed E-state index contributed by atoms with van der Waals surface area (Å²) in [6, 6.07) is -0.0952. The summed E-state index contributed by atoms with van der Waals surface area (Å²) < 4.78 is 16.9. The lowest BCUT2D eigenvalue weighted by atomic mass is 9.78. The molecule has 1 rings (SSSR count). The van der Waals surface area contributed by atoms with E-state index in [4.69, 9.17) is 13.9 Å². The summed E-state index contributed by atoms with van der Waals surface area (Å²) >= 11 is 0. The number of rotatable bonds is 9. The van der Waals surface area contributed by atoms with E-state index in [1.165, 1.54) is 0 Å². The van der Waals surface area contributed by atoms with Gasteiger partial charge in [0.15, 0.2) is 8.32 Å². The summed E-state index contributed by atoms with van der Waals surface area (Å²) in [5.74, 6) is -0.594. The fraction of sp³-hybridized carbons (Fsp3) is 0.800. The summed E-state index contributed by atoms with van der Waals surface area (Å²) in [6.07, 6.45) is 1.57. The highest BCUT2D eigenvalue weighted by molar-refractivity contribution is 6.74. The van der Waals surface area contributed by atoms with Crippen LogP contribution in [0, 0.1) is 11.8 Å². The minimum atomic E-state index is -1.97. The molecule has 1 N–H and O–H groups in total. The van der Waals surface area contributed by atoms with E-state index < -0.39 is 14.3 Å². The molecule has 0 aromatic heterocycles. The molecule has 1 amide bonds. The minimum Gasteiger partial charge on any atom is -0.487 e. The molecule has 4 atom stereocenters. The van der Waals surface area contributed by atoms with E-state index in [0.717, 1.165) is 0 Å². The van der Waals surface area contributed by atoms with E-state index in [0.29, 0.717) is 6.61 Å². The number of β-lactam (4-membered cyclic amide) rings is 1. The van der Waals surface area contributed by atoms with Crippen molar-refractivity contribution in [3.8, 4) is 0 Å². The number of carbonyl (C=O) groups is 2. The number of esters is 1. The van der Waals surface area contributed by atoms with Gasteiger partial charge in [0.25, 0.3) is 0 Å². The number of carbonyl (C=O) groups excluding carboxylic acids is 2. The maximum absolute atomic E-state index is 12.3. The SMILES string of the molecule is CCOC(=O)/C(=C/[C@H](C)[C@H]1NC(=O)[C@@H]1[C@@H](C)O[Si](C)(C)C(C)(C)C)OCC. The van der Waals surface area contributed by atoms with Gasteiger partial charge in [-0.15, -0.1) is 0 Å². The van der Waals surface area contributed by atoms with Crippen molar-refractivity contribution < 1.29 is 23.5 Å². The van der Waals surface area contributed by atoms with Crippen LogP contribution in [0.4, 0.5) is 0 Å². The Balaban J connectivity index is 2.91. The molecule has 27 heavy (non-hydrogen) atoms. The molecule has 0 unspecified atom stereocenters. The van der Waals surface area contributed by atoms with Gasteiger partial charge < -0.3 is 19.2 Å². The van der Waals surface area contributed by atoms with Crippen LogP contribution >= 0.6 is 0 Å². The molecule has 0 aliphatic carbocycles. The third-order valence-corrected chi connectivity index (χ3v) is 10.1. The van der Waals surface area contributed by atoms with Crippen LogP contribution in [0.15, 0.2) is 11.8 Å². The van der Waals surface area contributed by atoms with Crippen molar-refractivity contribution in [3.05, 3.63) is 11.8 Å². The Morgan fingerprint density at radius 3 is 2.19 bits per heavy atom. The Kier molecular flexibility index (Phi) is 8.10. The molecule has 1 heterocycles. The van der Waals surface area contributed by atoms with Crippen molar-refractivity contribution in [1.82, 2.24) is 5.32 Å². The van der Waals surface area contributed by atoms with Crippen LogP contribution in [0.1, 0.15) is 48.5 Å². The van der Waals surface area contributed by atoms with Gasteiger partial charge in [0.1, 0.15) is 0 Å². The summed E-state index contributed by atoms with van der Waals surface area (Å²) in [4.78, 5) is 24.3. The standard InChI is InChI=1S/C20H37NO5Si/c1-10-24-15(19(23)25-11-2)12-13(3)17-16(18(22)21-17)14(4)26-27(8,9)20(5,6)7/h12-14,16-17H,10-11H2,1-9H3,(H,21,22)/b15-12-/t13-,14+,16+,17+/m0/s1. The second kappa shape index (κ2) is 9.23. The van der Waals surface area contributed by atoms with E-state index in [1.807, 2.05) is 20.8 Å². The Morgan fingerprint density at radius 2 is 1.74 bits per heavy atom. The van der Waals surface area contributed by atoms with E-state index in [2.05, 4.69) is 39.2 Å². The normalized spacial score (nSPS) is 23.1. The van der Waals surface area contributed by atoms with Crippen LogP contribution in [0.3, 0.4) is 0 Å². The van der Waals surface area contributed by atoms with Crippen LogP contribution in [-0.2, 0) is 23.5 Å². The van der Waals surface area contributed by atoms with Gasteiger partial charge in [-0.2, -0.15) is 0 Å². The lowest BCUT2D eigenvalue weighted by Crippen LogP contribution is -2.65. The maximum Gasteiger partial charge on any atom is 0.373 e. The number of amides is 1. The molecule has 6 nitrogen and oxygen atoms in total. The largest absolute Gasteiger partial charge is 0.487 e. The fourth-order valence-electron chi connectivity index (χ4n) is 2.97. The van der Waals surface area contributed by atoms with Crippen molar-refractivity contribution in [3.63, 3.8) is 0 Å². The summed E-state index contributed by atoms with van der Waals surface area (Å²) in [7, 11) is -1.97. The van der Waals surface area contributed by atoms with Gasteiger partial charge in [0.2, 0.25) is 11.7 Å². The summed E-state index contributed by atoms with van der Waals surface area (Å²) in [5, 5.41) is 3.04. The Labute approximate surface area is 165 Å². The second-order valence-electron chi connectivity index (χ2n) is 8.69. The van der Waals surface area contributed by atoms with Crippen molar-refractivity contribution in [2.24, 2.45) is 11.8 Å². The van der Waals surface area contributed by atoms with Gasteiger partial charge >= 0.3 is 5.97 Å². The Morgan fingerprint density at radius 1 is 1.19 bits per heavy atom. The molecule has 0 bridgehead atoms. The van der Waals surface area contributed by atoms with Crippen LogP contribution in [0.2, 0.25) is 18.1 Å². The molecule has 0 spiro atoms. The molecule has 1 aliphatic heterocycles. The molecule has 0 saturated carbocycles. The molecular weight excluding hydrogens is 362 g/mol. The second-order valence-corrected chi connectivity index (χ2v) is 13.4. The third kappa shape index (κ3) is 5.81. The number of hydrogen-bond donors (Lipinski definition) is 1. The van der Waals surface area contributed by atoms with E-state index >= 15 is 0 Å². The van der Waals surface area contributed by atoms with Gasteiger partial charge in [0.05, 0.1) is 25.2 Å². The molecule has 0 radical (unpaired) electrons. The number of hydrogen-bond acceptors (Lipinski definition) is 5. The van der Waals surface area contributed by atoms with E-state index in [9.17, 15) is 9.59 Å². The zero-order valence-electron chi connectivity index (χ0n) is 18.3. The zero-order chi connectivity index (χ0) is 21.0. The van der Waals surface area contributed by atoms with Gasteiger partial charge in [-0.05, 0) is 50.9 Å². The third-order valence-electron chi connectivity index (χ3n) is 5.55. The van der Waals surface area contributed by atoms with Gasteiger partial charge in [-0.25, -0.2) is 4.79 Å². The predicted molar refractivity (Wildman–Crippen MR) is 109 cm³/mol. The van der Waals surface area contributed by atoms with Crippen LogP contribution in [0.25, 0.3) is 0 Å². The summed E-state index contributed by atoms with van der Waals surface area (Å²) in [5.41, 5.74) is 0. The summed E-state index contributed by atoms with van der Waals surface area (Å²) in [6.45, 7) is 19.1. The highest BCUT2D eigenvalue weighted by atomic mass is 28.4. The molecule has 1 fully saturated rings. The highest BCUT2D eigenvalue weighted by Gasteiger charge is 2.48.